The van der Waals surface area contributed by atoms with Crippen molar-refractivity contribution in [3.05, 3.63) is 0 Å². The molecular weight excluding hydrogens is 242 g/mol. The molecule has 1 unspecified atom stereocenters. The zero-order chi connectivity index (χ0) is 14.3. The maximum absolute atomic E-state index is 11.4. The molecule has 0 saturated carbocycles. The van der Waals surface area contributed by atoms with Gasteiger partial charge in [0.1, 0.15) is 6.04 Å². The molecular formula is C10H19N3O5. The standard InChI is InChI=1S/C10H19N3O5/c1-10(2,18-3)5-12-9(17)13-6(8(15)16)4-7(11)14/h6H,4-5H2,1-3H3,(H2,11,14)(H,15,16)(H2,12,13,17). The van der Waals surface area contributed by atoms with Gasteiger partial charge in [-0.3, -0.25) is 4.79 Å². The van der Waals surface area contributed by atoms with E-state index in [0.29, 0.717) is 0 Å². The molecule has 8 nitrogen and oxygen atoms in total. The molecule has 0 saturated heterocycles. The van der Waals surface area contributed by atoms with Gasteiger partial charge >= 0.3 is 12.0 Å². The highest BCUT2D eigenvalue weighted by atomic mass is 16.5. The molecule has 104 valence electrons. The fourth-order valence-electron chi connectivity index (χ4n) is 0.976. The number of carbonyl (C=O) groups is 3. The summed E-state index contributed by atoms with van der Waals surface area (Å²) in [6.07, 6.45) is -0.462. The quantitative estimate of drug-likeness (QED) is 0.468. The molecule has 0 aromatic rings. The summed E-state index contributed by atoms with van der Waals surface area (Å²) in [6.45, 7) is 3.70. The lowest BCUT2D eigenvalue weighted by atomic mass is 10.1. The van der Waals surface area contributed by atoms with Gasteiger partial charge in [0.05, 0.1) is 12.0 Å². The van der Waals surface area contributed by atoms with Gasteiger partial charge in [0.25, 0.3) is 0 Å². The summed E-state index contributed by atoms with van der Waals surface area (Å²) in [5.41, 5.74) is 4.31. The number of urea groups is 1. The number of amides is 3. The first-order chi connectivity index (χ1) is 8.18. The number of rotatable bonds is 7. The first-order valence-corrected chi connectivity index (χ1v) is 5.28. The lowest BCUT2D eigenvalue weighted by Crippen LogP contribution is -2.50. The summed E-state index contributed by atoms with van der Waals surface area (Å²) in [6, 6.07) is -2.04. The van der Waals surface area contributed by atoms with Crippen LogP contribution in [-0.4, -0.2) is 48.3 Å². The van der Waals surface area contributed by atoms with E-state index in [4.69, 9.17) is 15.6 Å². The van der Waals surface area contributed by atoms with Crippen LogP contribution in [0.5, 0.6) is 0 Å². The molecule has 0 fully saturated rings. The molecule has 0 aliphatic carbocycles. The molecule has 0 aromatic heterocycles. The van der Waals surface area contributed by atoms with E-state index in [2.05, 4.69) is 10.6 Å². The second-order valence-corrected chi connectivity index (χ2v) is 4.35. The Morgan fingerprint density at radius 2 is 1.94 bits per heavy atom. The fourth-order valence-corrected chi connectivity index (χ4v) is 0.976. The molecule has 0 radical (unpaired) electrons. The Labute approximate surface area is 105 Å². The molecule has 1 atom stereocenters. The maximum Gasteiger partial charge on any atom is 0.326 e. The lowest BCUT2D eigenvalue weighted by molar-refractivity contribution is -0.140. The number of primary amides is 1. The molecule has 3 amide bonds. The van der Waals surface area contributed by atoms with Gasteiger partial charge in [-0.2, -0.15) is 0 Å². The SMILES string of the molecule is COC(C)(C)CNC(=O)NC(CC(N)=O)C(=O)O. The molecule has 0 aromatic carbocycles. The van der Waals surface area contributed by atoms with E-state index >= 15 is 0 Å². The summed E-state index contributed by atoms with van der Waals surface area (Å²) in [5, 5.41) is 13.4. The molecule has 0 aliphatic heterocycles. The van der Waals surface area contributed by atoms with Crippen molar-refractivity contribution in [1.29, 1.82) is 0 Å². The van der Waals surface area contributed by atoms with Crippen LogP contribution >= 0.6 is 0 Å². The van der Waals surface area contributed by atoms with Gasteiger partial charge in [0, 0.05) is 13.7 Å². The van der Waals surface area contributed by atoms with Crippen LogP contribution in [0.3, 0.4) is 0 Å². The number of nitrogens with two attached hydrogens (primary N) is 1. The third kappa shape index (κ3) is 6.69. The summed E-state index contributed by atoms with van der Waals surface area (Å²) in [4.78, 5) is 32.8. The van der Waals surface area contributed by atoms with Crippen molar-refractivity contribution in [2.45, 2.75) is 31.9 Å². The zero-order valence-corrected chi connectivity index (χ0v) is 10.6. The second-order valence-electron chi connectivity index (χ2n) is 4.35. The topological polar surface area (TPSA) is 131 Å². The van der Waals surface area contributed by atoms with E-state index in [1.165, 1.54) is 7.11 Å². The van der Waals surface area contributed by atoms with Crippen LogP contribution in [0.25, 0.3) is 0 Å². The van der Waals surface area contributed by atoms with Gasteiger partial charge in [0.15, 0.2) is 0 Å². The molecule has 0 spiro atoms. The monoisotopic (exact) mass is 261 g/mol. The van der Waals surface area contributed by atoms with E-state index in [0.717, 1.165) is 0 Å². The minimum atomic E-state index is -1.34. The number of ether oxygens (including phenoxy) is 1. The largest absolute Gasteiger partial charge is 0.480 e. The molecule has 18 heavy (non-hydrogen) atoms. The predicted octanol–water partition coefficient (Wildman–Crippen LogP) is -0.961. The molecule has 0 rings (SSSR count). The van der Waals surface area contributed by atoms with E-state index in [-0.39, 0.29) is 6.54 Å². The van der Waals surface area contributed by atoms with Crippen LogP contribution < -0.4 is 16.4 Å². The Kier molecular flexibility index (Phi) is 6.11. The molecule has 0 bridgehead atoms. The summed E-state index contributed by atoms with van der Waals surface area (Å²) < 4.78 is 5.07. The van der Waals surface area contributed by atoms with Crippen molar-refractivity contribution in [3.63, 3.8) is 0 Å². The van der Waals surface area contributed by atoms with Gasteiger partial charge < -0.3 is 26.2 Å². The van der Waals surface area contributed by atoms with Crippen LogP contribution in [0.2, 0.25) is 0 Å². The van der Waals surface area contributed by atoms with Crippen molar-refractivity contribution >= 4 is 17.9 Å². The number of aliphatic carboxylic acids is 1. The Balaban J connectivity index is 4.27. The van der Waals surface area contributed by atoms with Crippen molar-refractivity contribution in [3.8, 4) is 0 Å². The molecule has 8 heteroatoms. The third-order valence-corrected chi connectivity index (χ3v) is 2.24. The highest BCUT2D eigenvalue weighted by molar-refractivity contribution is 5.87. The Hall–Kier alpha value is -1.83. The van der Waals surface area contributed by atoms with Gasteiger partial charge in [-0.25, -0.2) is 9.59 Å². The lowest BCUT2D eigenvalue weighted by Gasteiger charge is -2.23. The Bertz CT molecular complexity index is 329. The normalized spacial score (nSPS) is 12.6. The fraction of sp³-hybridized carbons (Fsp3) is 0.700. The van der Waals surface area contributed by atoms with Crippen molar-refractivity contribution in [1.82, 2.24) is 10.6 Å². The van der Waals surface area contributed by atoms with Crippen LogP contribution in [0, 0.1) is 0 Å². The Morgan fingerprint density at radius 1 is 1.39 bits per heavy atom. The first-order valence-electron chi connectivity index (χ1n) is 5.28. The average molecular weight is 261 g/mol. The Morgan fingerprint density at radius 3 is 2.33 bits per heavy atom. The second kappa shape index (κ2) is 6.80. The smallest absolute Gasteiger partial charge is 0.326 e. The number of methoxy groups -OCH3 is 1. The number of hydrogen-bond donors (Lipinski definition) is 4. The van der Waals surface area contributed by atoms with Gasteiger partial charge in [-0.05, 0) is 13.8 Å². The number of carboxylic acids is 1. The van der Waals surface area contributed by atoms with Gasteiger partial charge in [-0.15, -0.1) is 0 Å². The number of carbonyl (C=O) groups excluding carboxylic acids is 2. The van der Waals surface area contributed by atoms with Crippen LogP contribution in [0.1, 0.15) is 20.3 Å². The van der Waals surface area contributed by atoms with Crippen LogP contribution in [-0.2, 0) is 14.3 Å². The average Bonchev–Trinajstić information content (AvgIpc) is 2.25. The highest BCUT2D eigenvalue weighted by Crippen LogP contribution is 2.04. The summed E-state index contributed by atoms with van der Waals surface area (Å²) in [7, 11) is 1.49. The van der Waals surface area contributed by atoms with E-state index < -0.39 is 36.0 Å². The van der Waals surface area contributed by atoms with Gasteiger partial charge in [0.2, 0.25) is 5.91 Å². The van der Waals surface area contributed by atoms with Crippen molar-refractivity contribution in [2.24, 2.45) is 5.73 Å². The third-order valence-electron chi connectivity index (χ3n) is 2.24. The zero-order valence-electron chi connectivity index (χ0n) is 10.6. The minimum Gasteiger partial charge on any atom is -0.480 e. The molecule has 0 aliphatic rings. The number of nitrogens with one attached hydrogen (secondary N) is 2. The van der Waals surface area contributed by atoms with Gasteiger partial charge in [-0.1, -0.05) is 0 Å². The highest BCUT2D eigenvalue weighted by Gasteiger charge is 2.23. The first kappa shape index (κ1) is 16.2. The van der Waals surface area contributed by atoms with E-state index in [1.807, 2.05) is 0 Å². The molecule has 0 heterocycles. The number of carboxylic acid groups (broad SMARTS) is 1. The van der Waals surface area contributed by atoms with Crippen molar-refractivity contribution in [2.75, 3.05) is 13.7 Å². The van der Waals surface area contributed by atoms with Crippen LogP contribution in [0.4, 0.5) is 4.79 Å². The minimum absolute atomic E-state index is 0.193. The molecule has 5 N–H and O–H groups in total. The summed E-state index contributed by atoms with van der Waals surface area (Å²) >= 11 is 0. The van der Waals surface area contributed by atoms with E-state index in [1.54, 1.807) is 13.8 Å². The maximum atomic E-state index is 11.4. The number of hydrogen-bond acceptors (Lipinski definition) is 4. The van der Waals surface area contributed by atoms with Crippen LogP contribution in [0.15, 0.2) is 0 Å². The van der Waals surface area contributed by atoms with E-state index in [9.17, 15) is 14.4 Å². The van der Waals surface area contributed by atoms with Crippen molar-refractivity contribution < 1.29 is 24.2 Å². The summed E-state index contributed by atoms with van der Waals surface area (Å²) in [5.74, 6) is -2.13. The predicted molar refractivity (Wildman–Crippen MR) is 62.9 cm³/mol.